The highest BCUT2D eigenvalue weighted by Crippen LogP contribution is 2.10. The molecule has 1 aliphatic rings. The van der Waals surface area contributed by atoms with Gasteiger partial charge in [0.2, 0.25) is 0 Å². The third-order valence-corrected chi connectivity index (χ3v) is 2.58. The van der Waals surface area contributed by atoms with Crippen molar-refractivity contribution in [1.29, 1.82) is 0 Å². The maximum Gasteiger partial charge on any atom is 0.0637 e. The molecule has 1 aromatic rings. The van der Waals surface area contributed by atoms with E-state index in [1.54, 1.807) is 6.20 Å². The first kappa shape index (κ1) is 10.4. The minimum absolute atomic E-state index is 0.420. The molecule has 0 saturated carbocycles. The number of aromatic nitrogens is 1. The van der Waals surface area contributed by atoms with Crippen molar-refractivity contribution in [2.45, 2.75) is 6.04 Å². The van der Waals surface area contributed by atoms with Gasteiger partial charge in [0.1, 0.15) is 0 Å². The van der Waals surface area contributed by atoms with Crippen LogP contribution >= 0.6 is 0 Å². The Kier molecular flexibility index (Phi) is 3.53. The lowest BCUT2D eigenvalue weighted by Crippen LogP contribution is -2.47. The molecule has 0 radical (unpaired) electrons. The van der Waals surface area contributed by atoms with E-state index in [-0.39, 0.29) is 0 Å². The molecule has 82 valence electrons. The normalized spacial score (nSPS) is 21.3. The van der Waals surface area contributed by atoms with E-state index in [2.05, 4.69) is 28.3 Å². The van der Waals surface area contributed by atoms with Crippen molar-refractivity contribution in [3.05, 3.63) is 24.5 Å². The summed E-state index contributed by atoms with van der Waals surface area (Å²) in [6, 6.07) is 4.44. The van der Waals surface area contributed by atoms with E-state index in [1.807, 2.05) is 12.3 Å². The largest absolute Gasteiger partial charge is 0.378 e. The first-order valence-corrected chi connectivity index (χ1v) is 5.28. The van der Waals surface area contributed by atoms with Gasteiger partial charge in [0.15, 0.2) is 0 Å². The summed E-state index contributed by atoms with van der Waals surface area (Å²) in [7, 11) is 2.08. The maximum absolute atomic E-state index is 5.41. The molecular weight excluding hydrogens is 190 g/mol. The van der Waals surface area contributed by atoms with Crippen molar-refractivity contribution in [2.24, 2.45) is 0 Å². The van der Waals surface area contributed by atoms with Crippen molar-refractivity contribution in [2.75, 3.05) is 38.3 Å². The molecule has 0 bridgehead atoms. The Labute approximate surface area is 90.3 Å². The van der Waals surface area contributed by atoms with Crippen molar-refractivity contribution in [3.63, 3.8) is 0 Å². The van der Waals surface area contributed by atoms with Gasteiger partial charge in [-0.05, 0) is 12.1 Å². The summed E-state index contributed by atoms with van der Waals surface area (Å²) in [5.74, 6) is 0. The predicted octanol–water partition coefficient (Wildman–Crippen LogP) is 0.506. The average Bonchev–Trinajstić information content (AvgIpc) is 2.31. The number of anilines is 1. The lowest BCUT2D eigenvalue weighted by atomic mass is 10.2. The second-order valence-corrected chi connectivity index (χ2v) is 3.82. The lowest BCUT2D eigenvalue weighted by Gasteiger charge is -2.29. The van der Waals surface area contributed by atoms with Gasteiger partial charge in [-0.1, -0.05) is 0 Å². The Bertz CT molecular complexity index is 285. The van der Waals surface area contributed by atoms with Gasteiger partial charge in [-0.2, -0.15) is 0 Å². The molecule has 1 unspecified atom stereocenters. The average molecular weight is 207 g/mol. The Balaban J connectivity index is 1.88. The van der Waals surface area contributed by atoms with Crippen LogP contribution in [0.2, 0.25) is 0 Å². The van der Waals surface area contributed by atoms with Crippen LogP contribution in [0.5, 0.6) is 0 Å². The molecule has 0 aliphatic carbocycles. The van der Waals surface area contributed by atoms with Gasteiger partial charge in [-0.3, -0.25) is 4.98 Å². The van der Waals surface area contributed by atoms with E-state index in [0.717, 1.165) is 32.0 Å². The summed E-state index contributed by atoms with van der Waals surface area (Å²) < 4.78 is 5.41. The van der Waals surface area contributed by atoms with Gasteiger partial charge >= 0.3 is 0 Å². The first-order valence-electron chi connectivity index (χ1n) is 5.28. The molecule has 0 aromatic carbocycles. The summed E-state index contributed by atoms with van der Waals surface area (Å²) >= 11 is 0. The molecule has 1 saturated heterocycles. The molecule has 2 heterocycles. The van der Waals surface area contributed by atoms with Gasteiger partial charge in [0.25, 0.3) is 0 Å². The Morgan fingerprint density at radius 1 is 1.67 bits per heavy atom. The van der Waals surface area contributed by atoms with Crippen LogP contribution in [0, 0.1) is 0 Å². The van der Waals surface area contributed by atoms with Crippen LogP contribution in [0.25, 0.3) is 0 Å². The summed E-state index contributed by atoms with van der Waals surface area (Å²) in [5.41, 5.74) is 1.14. The minimum Gasteiger partial charge on any atom is -0.378 e. The number of morpholine rings is 1. The van der Waals surface area contributed by atoms with Crippen LogP contribution in [0.3, 0.4) is 0 Å². The molecule has 4 nitrogen and oxygen atoms in total. The monoisotopic (exact) mass is 207 g/mol. The number of hydrogen-bond donors (Lipinski definition) is 1. The van der Waals surface area contributed by atoms with Gasteiger partial charge in [0.05, 0.1) is 25.1 Å². The zero-order chi connectivity index (χ0) is 10.5. The fourth-order valence-corrected chi connectivity index (χ4v) is 1.75. The van der Waals surface area contributed by atoms with Crippen molar-refractivity contribution in [3.8, 4) is 0 Å². The molecule has 1 aromatic heterocycles. The Morgan fingerprint density at radius 2 is 2.60 bits per heavy atom. The van der Waals surface area contributed by atoms with Crippen molar-refractivity contribution < 1.29 is 4.74 Å². The first-order chi connectivity index (χ1) is 7.36. The number of ether oxygens (including phenoxy) is 1. The fraction of sp³-hybridized carbons (Fsp3) is 0.545. The van der Waals surface area contributed by atoms with Gasteiger partial charge in [-0.15, -0.1) is 0 Å². The topological polar surface area (TPSA) is 37.4 Å². The standard InChI is InChI=1S/C11H17N3O/c1-14(11-3-2-4-12-7-11)8-10-9-15-6-5-13-10/h2-4,7,10,13H,5-6,8-9H2,1H3. The lowest BCUT2D eigenvalue weighted by molar-refractivity contribution is 0.0791. The molecule has 15 heavy (non-hydrogen) atoms. The molecule has 1 aliphatic heterocycles. The molecule has 1 fully saturated rings. The van der Waals surface area contributed by atoms with Crippen LogP contribution in [0.15, 0.2) is 24.5 Å². The number of hydrogen-bond acceptors (Lipinski definition) is 4. The summed E-state index contributed by atoms with van der Waals surface area (Å²) in [4.78, 5) is 6.30. The van der Waals surface area contributed by atoms with Crippen LogP contribution in [-0.4, -0.2) is 44.4 Å². The van der Waals surface area contributed by atoms with Gasteiger partial charge in [-0.25, -0.2) is 0 Å². The van der Waals surface area contributed by atoms with E-state index in [4.69, 9.17) is 4.74 Å². The number of nitrogens with one attached hydrogen (secondary N) is 1. The van der Waals surface area contributed by atoms with E-state index in [1.165, 1.54) is 0 Å². The third kappa shape index (κ3) is 2.91. The fourth-order valence-electron chi connectivity index (χ4n) is 1.75. The molecule has 1 N–H and O–H groups in total. The smallest absolute Gasteiger partial charge is 0.0637 e. The van der Waals surface area contributed by atoms with Crippen LogP contribution in [0.4, 0.5) is 5.69 Å². The van der Waals surface area contributed by atoms with Crippen LogP contribution in [-0.2, 0) is 4.74 Å². The van der Waals surface area contributed by atoms with Crippen LogP contribution < -0.4 is 10.2 Å². The predicted molar refractivity (Wildman–Crippen MR) is 60.1 cm³/mol. The molecule has 0 spiro atoms. The molecular formula is C11H17N3O. The Hall–Kier alpha value is -1.13. The van der Waals surface area contributed by atoms with E-state index in [9.17, 15) is 0 Å². The zero-order valence-corrected chi connectivity index (χ0v) is 9.02. The number of rotatable bonds is 3. The number of pyridine rings is 1. The SMILES string of the molecule is CN(CC1COCCN1)c1cccnc1. The van der Waals surface area contributed by atoms with E-state index in [0.29, 0.717) is 6.04 Å². The summed E-state index contributed by atoms with van der Waals surface area (Å²) in [6.07, 6.45) is 3.67. The van der Waals surface area contributed by atoms with E-state index >= 15 is 0 Å². The quantitative estimate of drug-likeness (QED) is 0.783. The van der Waals surface area contributed by atoms with E-state index < -0.39 is 0 Å². The highest BCUT2D eigenvalue weighted by atomic mass is 16.5. The second kappa shape index (κ2) is 5.09. The molecule has 4 heteroatoms. The molecule has 0 amide bonds. The minimum atomic E-state index is 0.420. The molecule has 1 atom stereocenters. The second-order valence-electron chi connectivity index (χ2n) is 3.82. The zero-order valence-electron chi connectivity index (χ0n) is 9.02. The Morgan fingerprint density at radius 3 is 3.27 bits per heavy atom. The van der Waals surface area contributed by atoms with Gasteiger partial charge in [0, 0.05) is 32.4 Å². The van der Waals surface area contributed by atoms with Crippen molar-refractivity contribution in [1.82, 2.24) is 10.3 Å². The third-order valence-electron chi connectivity index (χ3n) is 2.58. The van der Waals surface area contributed by atoms with Crippen molar-refractivity contribution >= 4 is 5.69 Å². The highest BCUT2D eigenvalue weighted by molar-refractivity contribution is 5.42. The highest BCUT2D eigenvalue weighted by Gasteiger charge is 2.15. The summed E-state index contributed by atoms with van der Waals surface area (Å²) in [5, 5.41) is 3.43. The van der Waals surface area contributed by atoms with Gasteiger partial charge < -0.3 is 15.0 Å². The summed E-state index contributed by atoms with van der Waals surface area (Å²) in [6.45, 7) is 3.52. The molecule has 2 rings (SSSR count). The van der Waals surface area contributed by atoms with Crippen LogP contribution in [0.1, 0.15) is 0 Å². The maximum atomic E-state index is 5.41. The number of nitrogens with zero attached hydrogens (tertiary/aromatic N) is 2. The number of likely N-dealkylation sites (N-methyl/N-ethyl adjacent to an activating group) is 1.